The third-order valence-corrected chi connectivity index (χ3v) is 7.33. The van der Waals surface area contributed by atoms with Gasteiger partial charge in [-0.3, -0.25) is 4.79 Å². The molecular weight excluding hydrogens is 439 g/mol. The van der Waals surface area contributed by atoms with Gasteiger partial charge < -0.3 is 15.6 Å². The van der Waals surface area contributed by atoms with Crippen molar-refractivity contribution in [1.29, 1.82) is 5.41 Å². The normalized spacial score (nSPS) is 20.3. The molecule has 0 bridgehead atoms. The molecule has 2 aromatic rings. The lowest BCUT2D eigenvalue weighted by atomic mass is 9.80. The predicted molar refractivity (Wildman–Crippen MR) is 137 cm³/mol. The van der Waals surface area contributed by atoms with E-state index in [9.17, 15) is 9.18 Å². The van der Waals surface area contributed by atoms with E-state index in [4.69, 9.17) is 5.41 Å². The van der Waals surface area contributed by atoms with E-state index in [-0.39, 0.29) is 17.5 Å². The minimum Gasteiger partial charge on any atom is -0.388 e. The topological polar surface area (TPSA) is 56.2 Å². The first-order valence-corrected chi connectivity index (χ1v) is 12.2. The Bertz CT molecular complexity index is 1100. The number of fused-ring (bicyclic) bond motifs is 1. The first-order valence-electron chi connectivity index (χ1n) is 10.8. The number of hydrogen-bond donors (Lipinski definition) is 2. The number of hydrogen-bond acceptors (Lipinski definition) is 4. The van der Waals surface area contributed by atoms with E-state index in [0.717, 1.165) is 24.0 Å². The van der Waals surface area contributed by atoms with Gasteiger partial charge in [0.15, 0.2) is 7.85 Å². The van der Waals surface area contributed by atoms with Crippen LogP contribution in [0.1, 0.15) is 45.2 Å². The lowest BCUT2D eigenvalue weighted by Crippen LogP contribution is -2.37. The summed E-state index contributed by atoms with van der Waals surface area (Å²) in [5.74, 6) is -0.152. The van der Waals surface area contributed by atoms with Gasteiger partial charge in [-0.1, -0.05) is 30.8 Å². The fraction of sp³-hybridized carbons (Fsp3) is 0.333. The number of alkyl halides is 1. The second-order valence-corrected chi connectivity index (χ2v) is 11.2. The van der Waals surface area contributed by atoms with Crippen LogP contribution < -0.4 is 5.32 Å². The van der Waals surface area contributed by atoms with E-state index in [2.05, 4.69) is 34.1 Å². The second kappa shape index (κ2) is 8.95. The highest BCUT2D eigenvalue weighted by atomic mass is 32.1. The largest absolute Gasteiger partial charge is 0.388 e. The molecule has 1 aliphatic heterocycles. The number of amides is 1. The lowest BCUT2D eigenvalue weighted by molar-refractivity contribution is -0.127. The van der Waals surface area contributed by atoms with Crippen molar-refractivity contribution in [1.82, 2.24) is 10.2 Å². The van der Waals surface area contributed by atoms with Gasteiger partial charge in [0, 0.05) is 40.0 Å². The summed E-state index contributed by atoms with van der Waals surface area (Å²) in [5.41, 5.74) is 3.50. The van der Waals surface area contributed by atoms with Crippen LogP contribution in [0.15, 0.2) is 49.2 Å². The van der Waals surface area contributed by atoms with E-state index in [1.807, 2.05) is 29.2 Å². The van der Waals surface area contributed by atoms with Gasteiger partial charge in [0.1, 0.15) is 5.31 Å². The van der Waals surface area contributed by atoms with Crippen LogP contribution in [0.4, 0.5) is 4.39 Å². The second-order valence-electron chi connectivity index (χ2n) is 8.75. The lowest BCUT2D eigenvalue weighted by Gasteiger charge is -2.34. The summed E-state index contributed by atoms with van der Waals surface area (Å²) < 4.78 is 14.9. The summed E-state index contributed by atoms with van der Waals surface area (Å²) in [7, 11) is 3.53. The average molecular weight is 467 g/mol. The number of rotatable bonds is 7. The van der Waals surface area contributed by atoms with Gasteiger partial charge >= 0.3 is 0 Å². The number of aryl methyl sites for hydroxylation is 1. The van der Waals surface area contributed by atoms with Gasteiger partial charge in [-0.2, -0.15) is 0 Å². The first kappa shape index (κ1) is 22.9. The average Bonchev–Trinajstić information content (AvgIpc) is 3.51. The Morgan fingerprint density at radius 2 is 2.12 bits per heavy atom. The zero-order chi connectivity index (χ0) is 23.0. The summed E-state index contributed by atoms with van der Waals surface area (Å²) in [5, 5.41) is 10.1. The van der Waals surface area contributed by atoms with Crippen LogP contribution in [0.3, 0.4) is 0 Å². The monoisotopic (exact) mass is 467 g/mol. The molecule has 2 N–H and O–H groups in total. The standard InChI is InChI=1S/C24H28BFN3OPS/c1-3-22(30)29-12-20(18-10-14(2)32-21(18)13-29)17-7-5-4-6-16(17)19(11-28-15-8-9-15)23(27)24(25,26)31/h3-7,10-11,15,20,27-28H,1,8-9,12-13,25,31H2,2H3/b19-11-,27-23?. The number of halogens is 1. The Hall–Kier alpha value is -2.24. The van der Waals surface area contributed by atoms with Crippen molar-refractivity contribution in [3.05, 3.63) is 75.6 Å². The first-order chi connectivity index (χ1) is 15.2. The summed E-state index contributed by atoms with van der Waals surface area (Å²) in [6.45, 7) is 6.84. The molecule has 4 nitrogen and oxygen atoms in total. The quantitative estimate of drug-likeness (QED) is 0.280. The van der Waals surface area contributed by atoms with Crippen molar-refractivity contribution < 1.29 is 9.18 Å². The number of thiophene rings is 1. The zero-order valence-electron chi connectivity index (χ0n) is 18.5. The Morgan fingerprint density at radius 1 is 1.41 bits per heavy atom. The van der Waals surface area contributed by atoms with E-state index >= 15 is 0 Å². The summed E-state index contributed by atoms with van der Waals surface area (Å²) in [6.07, 6.45) is 5.34. The number of nitrogens with one attached hydrogen (secondary N) is 2. The van der Waals surface area contributed by atoms with Crippen molar-refractivity contribution in [3.63, 3.8) is 0 Å². The zero-order valence-corrected chi connectivity index (χ0v) is 20.4. The number of nitrogens with zero attached hydrogens (tertiary/aromatic N) is 1. The highest BCUT2D eigenvalue weighted by Gasteiger charge is 2.34. The smallest absolute Gasteiger partial charge is 0.246 e. The van der Waals surface area contributed by atoms with Gasteiger partial charge in [-0.05, 0) is 48.6 Å². The van der Waals surface area contributed by atoms with Crippen LogP contribution in [-0.4, -0.2) is 42.3 Å². The molecule has 0 saturated heterocycles. The third-order valence-electron chi connectivity index (χ3n) is 5.99. The number of allylic oxidation sites excluding steroid dienone is 1. The molecule has 1 amide bonds. The molecule has 0 radical (unpaired) electrons. The molecule has 2 heterocycles. The molecule has 1 fully saturated rings. The fourth-order valence-electron chi connectivity index (χ4n) is 4.17. The van der Waals surface area contributed by atoms with Crippen LogP contribution in [0, 0.1) is 12.3 Å². The summed E-state index contributed by atoms with van der Waals surface area (Å²) >= 11 is 1.71. The molecule has 1 saturated carbocycles. The van der Waals surface area contributed by atoms with E-state index in [0.29, 0.717) is 24.7 Å². The van der Waals surface area contributed by atoms with Gasteiger partial charge in [0.2, 0.25) is 5.91 Å². The molecule has 1 aromatic heterocycles. The molecule has 3 unspecified atom stereocenters. The Morgan fingerprint density at radius 3 is 2.78 bits per heavy atom. The van der Waals surface area contributed by atoms with Crippen molar-refractivity contribution in [2.24, 2.45) is 0 Å². The Labute approximate surface area is 196 Å². The van der Waals surface area contributed by atoms with Crippen LogP contribution in [0.25, 0.3) is 5.57 Å². The molecule has 8 heteroatoms. The molecule has 2 aliphatic rings. The van der Waals surface area contributed by atoms with Crippen LogP contribution in [0.5, 0.6) is 0 Å². The minimum absolute atomic E-state index is 0.0590. The molecule has 4 rings (SSSR count). The third kappa shape index (κ3) is 4.74. The number of benzene rings is 1. The highest BCUT2D eigenvalue weighted by molar-refractivity contribution is 7.24. The van der Waals surface area contributed by atoms with E-state index in [1.165, 1.54) is 29.2 Å². The highest BCUT2D eigenvalue weighted by Crippen LogP contribution is 2.41. The number of carbonyl (C=O) groups is 1. The van der Waals surface area contributed by atoms with Gasteiger partial charge in [-0.25, -0.2) is 4.39 Å². The molecule has 1 aliphatic carbocycles. The molecule has 32 heavy (non-hydrogen) atoms. The van der Waals surface area contributed by atoms with Crippen molar-refractivity contribution >= 4 is 45.6 Å². The molecular formula is C24H28BFN3OPS. The maximum atomic E-state index is 14.9. The van der Waals surface area contributed by atoms with E-state index < -0.39 is 5.31 Å². The maximum absolute atomic E-state index is 14.9. The van der Waals surface area contributed by atoms with Crippen molar-refractivity contribution in [2.75, 3.05) is 6.54 Å². The Balaban J connectivity index is 1.82. The summed E-state index contributed by atoms with van der Waals surface area (Å²) in [6, 6.07) is 10.5. The fourth-order valence-corrected chi connectivity index (χ4v) is 5.43. The van der Waals surface area contributed by atoms with Crippen molar-refractivity contribution in [2.45, 2.75) is 43.6 Å². The van der Waals surface area contributed by atoms with Crippen LogP contribution in [-0.2, 0) is 11.3 Å². The Kier molecular flexibility index (Phi) is 6.42. The van der Waals surface area contributed by atoms with Crippen LogP contribution >= 0.6 is 20.6 Å². The number of carbonyl (C=O) groups excluding carboxylic acids is 1. The molecule has 1 aromatic carbocycles. The predicted octanol–water partition coefficient (Wildman–Crippen LogP) is 3.96. The molecule has 166 valence electrons. The van der Waals surface area contributed by atoms with E-state index in [1.54, 1.807) is 17.5 Å². The molecule has 0 spiro atoms. The minimum atomic E-state index is -1.86. The van der Waals surface area contributed by atoms with Gasteiger partial charge in [0.25, 0.3) is 0 Å². The maximum Gasteiger partial charge on any atom is 0.246 e. The summed E-state index contributed by atoms with van der Waals surface area (Å²) in [4.78, 5) is 16.7. The van der Waals surface area contributed by atoms with Crippen molar-refractivity contribution in [3.8, 4) is 0 Å². The van der Waals surface area contributed by atoms with Gasteiger partial charge in [0.05, 0.1) is 12.3 Å². The van der Waals surface area contributed by atoms with Crippen LogP contribution in [0.2, 0.25) is 0 Å². The van der Waals surface area contributed by atoms with Gasteiger partial charge in [-0.15, -0.1) is 20.6 Å². The molecule has 3 atom stereocenters. The SMILES string of the molecule is BC(F)(P)C(=N)/C(=C\NC1CC1)c1ccccc1C1CN(C(=O)C=C)Cc2sc(C)cc21.